The second kappa shape index (κ2) is 6.42. The molecule has 0 aromatic heterocycles. The van der Waals surface area contributed by atoms with Crippen LogP contribution < -0.4 is 5.32 Å². The number of hydrogen-bond acceptors (Lipinski definition) is 4. The maximum Gasteiger partial charge on any atom is 0.407 e. The van der Waals surface area contributed by atoms with Crippen molar-refractivity contribution in [2.75, 3.05) is 13.2 Å². The summed E-state index contributed by atoms with van der Waals surface area (Å²) in [5, 5.41) is 2.56. The maximum absolute atomic E-state index is 11.7. The van der Waals surface area contributed by atoms with Gasteiger partial charge in [0.1, 0.15) is 5.60 Å². The van der Waals surface area contributed by atoms with Crippen LogP contribution in [0.2, 0.25) is 0 Å². The van der Waals surface area contributed by atoms with Gasteiger partial charge in [0.05, 0.1) is 12.9 Å². The first kappa shape index (κ1) is 14.5. The Morgan fingerprint density at radius 2 is 2.17 bits per heavy atom. The Morgan fingerprint density at radius 1 is 1.44 bits per heavy atom. The van der Waals surface area contributed by atoms with Gasteiger partial charge in [-0.15, -0.1) is 0 Å². The number of carbonyl (C=O) groups excluding carboxylic acids is 2. The van der Waals surface area contributed by atoms with Crippen molar-refractivity contribution in [2.24, 2.45) is 0 Å². The highest BCUT2D eigenvalue weighted by atomic mass is 16.6. The summed E-state index contributed by atoms with van der Waals surface area (Å²) in [6.45, 7) is 6.34. The quantitative estimate of drug-likeness (QED) is 0.836. The van der Waals surface area contributed by atoms with E-state index < -0.39 is 11.7 Å². The maximum atomic E-state index is 11.7. The van der Waals surface area contributed by atoms with Gasteiger partial charge in [-0.1, -0.05) is 0 Å². The van der Waals surface area contributed by atoms with Gasteiger partial charge in [0.2, 0.25) is 0 Å². The van der Waals surface area contributed by atoms with E-state index >= 15 is 0 Å². The molecule has 0 radical (unpaired) electrons. The lowest BCUT2D eigenvalue weighted by Crippen LogP contribution is -2.33. The van der Waals surface area contributed by atoms with Crippen molar-refractivity contribution in [3.05, 3.63) is 11.8 Å². The van der Waals surface area contributed by atoms with Crippen LogP contribution >= 0.6 is 0 Å². The Labute approximate surface area is 108 Å². The van der Waals surface area contributed by atoms with E-state index in [-0.39, 0.29) is 18.7 Å². The zero-order valence-electron chi connectivity index (χ0n) is 11.2. The molecule has 0 aromatic rings. The fraction of sp³-hybridized carbons (Fsp3) is 0.692. The van der Waals surface area contributed by atoms with Crippen molar-refractivity contribution >= 4 is 11.9 Å². The molecule has 18 heavy (non-hydrogen) atoms. The van der Waals surface area contributed by atoms with Gasteiger partial charge in [-0.25, -0.2) is 4.79 Å². The molecule has 0 unspecified atom stereocenters. The van der Waals surface area contributed by atoms with E-state index in [2.05, 4.69) is 5.32 Å². The summed E-state index contributed by atoms with van der Waals surface area (Å²) in [7, 11) is 0. The molecule has 0 spiro atoms. The van der Waals surface area contributed by atoms with Crippen LogP contribution in [-0.2, 0) is 14.3 Å². The molecule has 0 saturated heterocycles. The third kappa shape index (κ3) is 5.70. The van der Waals surface area contributed by atoms with Crippen LogP contribution in [0.15, 0.2) is 11.8 Å². The molecule has 1 heterocycles. The van der Waals surface area contributed by atoms with Crippen LogP contribution in [0.4, 0.5) is 4.79 Å². The Hall–Kier alpha value is -1.52. The monoisotopic (exact) mass is 255 g/mol. The summed E-state index contributed by atoms with van der Waals surface area (Å²) in [5.41, 5.74) is 0.181. The van der Waals surface area contributed by atoms with Crippen LogP contribution in [0.5, 0.6) is 0 Å². The van der Waals surface area contributed by atoms with E-state index in [0.29, 0.717) is 12.2 Å². The molecule has 5 nitrogen and oxygen atoms in total. The van der Waals surface area contributed by atoms with Gasteiger partial charge < -0.3 is 14.8 Å². The number of ketones is 1. The predicted octanol–water partition coefficient (Wildman–Crippen LogP) is 2.16. The number of rotatable bonds is 4. The minimum atomic E-state index is -0.520. The molecule has 1 aliphatic rings. The zero-order chi connectivity index (χ0) is 13.6. The molecule has 0 aliphatic carbocycles. The smallest absolute Gasteiger partial charge is 0.407 e. The number of ether oxygens (including phenoxy) is 2. The number of amides is 1. The fourth-order valence-electron chi connectivity index (χ4n) is 1.52. The average Bonchev–Trinajstić information content (AvgIpc) is 2.27. The molecule has 5 heteroatoms. The van der Waals surface area contributed by atoms with E-state index in [1.165, 1.54) is 6.26 Å². The van der Waals surface area contributed by atoms with Crippen LogP contribution in [0, 0.1) is 0 Å². The first-order chi connectivity index (χ1) is 8.38. The molecule has 1 N–H and O–H groups in total. The van der Waals surface area contributed by atoms with E-state index in [9.17, 15) is 9.59 Å². The van der Waals surface area contributed by atoms with Gasteiger partial charge in [-0.2, -0.15) is 0 Å². The summed E-state index contributed by atoms with van der Waals surface area (Å²) >= 11 is 0. The van der Waals surface area contributed by atoms with E-state index in [0.717, 1.165) is 12.8 Å². The topological polar surface area (TPSA) is 64.6 Å². The van der Waals surface area contributed by atoms with E-state index in [1.54, 1.807) is 20.8 Å². The summed E-state index contributed by atoms with van der Waals surface area (Å²) in [5.74, 6) is 0.0192. The number of nitrogens with one attached hydrogen (secondary N) is 1. The lowest BCUT2D eigenvalue weighted by molar-refractivity contribution is -0.115. The average molecular weight is 255 g/mol. The van der Waals surface area contributed by atoms with Gasteiger partial charge in [0.15, 0.2) is 5.78 Å². The number of alkyl carbamates (subject to hydrolysis) is 1. The summed E-state index contributed by atoms with van der Waals surface area (Å²) in [4.78, 5) is 23.1. The third-order valence-electron chi connectivity index (χ3n) is 2.31. The lowest BCUT2D eigenvalue weighted by Gasteiger charge is -2.19. The standard InChI is InChI=1S/C13H21NO4/c1-13(2,3)18-12(16)14-7-6-11(15)10-5-4-8-17-9-10/h9H,4-8H2,1-3H3,(H,14,16). The highest BCUT2D eigenvalue weighted by Crippen LogP contribution is 2.13. The molecule has 1 amide bonds. The van der Waals surface area contributed by atoms with Crippen LogP contribution in [0.1, 0.15) is 40.0 Å². The number of carbonyl (C=O) groups is 2. The summed E-state index contributed by atoms with van der Waals surface area (Å²) in [6, 6.07) is 0. The fourth-order valence-corrected chi connectivity index (χ4v) is 1.52. The first-order valence-electron chi connectivity index (χ1n) is 6.19. The second-order valence-electron chi connectivity index (χ2n) is 5.22. The molecular weight excluding hydrogens is 234 g/mol. The van der Waals surface area contributed by atoms with Gasteiger partial charge in [-0.05, 0) is 33.6 Å². The number of allylic oxidation sites excluding steroid dienone is 1. The van der Waals surface area contributed by atoms with E-state index in [4.69, 9.17) is 9.47 Å². The molecule has 0 bridgehead atoms. The minimum Gasteiger partial charge on any atom is -0.501 e. The second-order valence-corrected chi connectivity index (χ2v) is 5.22. The van der Waals surface area contributed by atoms with Gasteiger partial charge in [0.25, 0.3) is 0 Å². The van der Waals surface area contributed by atoms with Gasteiger partial charge >= 0.3 is 6.09 Å². The number of Topliss-reactive ketones (excluding diaryl/α,β-unsaturated/α-hetero) is 1. The number of hydrogen-bond donors (Lipinski definition) is 1. The van der Waals surface area contributed by atoms with Gasteiger partial charge in [-0.3, -0.25) is 4.79 Å². The molecular formula is C13H21NO4. The highest BCUT2D eigenvalue weighted by Gasteiger charge is 2.17. The van der Waals surface area contributed by atoms with Crippen molar-refractivity contribution in [3.8, 4) is 0 Å². The van der Waals surface area contributed by atoms with Crippen molar-refractivity contribution < 1.29 is 19.1 Å². The van der Waals surface area contributed by atoms with Crippen LogP contribution in [-0.4, -0.2) is 30.6 Å². The summed E-state index contributed by atoms with van der Waals surface area (Å²) in [6.07, 6.45) is 2.93. The SMILES string of the molecule is CC(C)(C)OC(=O)NCCC(=O)C1=COCCC1. The normalized spacial score (nSPS) is 15.4. The Morgan fingerprint density at radius 3 is 2.72 bits per heavy atom. The van der Waals surface area contributed by atoms with Crippen molar-refractivity contribution in [1.29, 1.82) is 0 Å². The Bertz CT molecular complexity index is 341. The lowest BCUT2D eigenvalue weighted by atomic mass is 10.0. The summed E-state index contributed by atoms with van der Waals surface area (Å²) < 4.78 is 10.2. The predicted molar refractivity (Wildman–Crippen MR) is 67.1 cm³/mol. The first-order valence-corrected chi connectivity index (χ1v) is 6.19. The molecule has 0 aromatic carbocycles. The molecule has 0 saturated carbocycles. The van der Waals surface area contributed by atoms with Gasteiger partial charge in [0, 0.05) is 18.5 Å². The van der Waals surface area contributed by atoms with Crippen LogP contribution in [0.25, 0.3) is 0 Å². The Balaban J connectivity index is 2.23. The molecule has 0 atom stereocenters. The molecule has 102 valence electrons. The molecule has 1 rings (SSSR count). The Kier molecular flexibility index (Phi) is 5.19. The molecule has 0 fully saturated rings. The minimum absolute atomic E-state index is 0.0192. The van der Waals surface area contributed by atoms with Crippen molar-refractivity contribution in [2.45, 2.75) is 45.6 Å². The largest absolute Gasteiger partial charge is 0.501 e. The zero-order valence-corrected chi connectivity index (χ0v) is 11.2. The van der Waals surface area contributed by atoms with Crippen LogP contribution in [0.3, 0.4) is 0 Å². The highest BCUT2D eigenvalue weighted by molar-refractivity contribution is 5.95. The molecule has 1 aliphatic heterocycles. The van der Waals surface area contributed by atoms with E-state index in [1.807, 2.05) is 0 Å². The van der Waals surface area contributed by atoms with Crippen molar-refractivity contribution in [1.82, 2.24) is 5.32 Å². The third-order valence-corrected chi connectivity index (χ3v) is 2.31. The van der Waals surface area contributed by atoms with Crippen molar-refractivity contribution in [3.63, 3.8) is 0 Å².